The average molecular weight is 446 g/mol. The quantitative estimate of drug-likeness (QED) is 0.459. The van der Waals surface area contributed by atoms with E-state index in [9.17, 15) is 4.79 Å². The summed E-state index contributed by atoms with van der Waals surface area (Å²) in [6.45, 7) is 16.9. The third kappa shape index (κ3) is 5.75. The molecule has 3 rings (SSSR count). The van der Waals surface area contributed by atoms with Crippen molar-refractivity contribution in [1.29, 1.82) is 0 Å². The first-order valence-electron chi connectivity index (χ1n) is 12.4. The molecule has 0 amide bonds. The van der Waals surface area contributed by atoms with Gasteiger partial charge in [-0.1, -0.05) is 43.3 Å². The summed E-state index contributed by atoms with van der Waals surface area (Å²) in [5, 5.41) is 0. The number of carbonyl (C=O) groups is 1. The van der Waals surface area contributed by atoms with E-state index in [-0.39, 0.29) is 5.78 Å². The smallest absolute Gasteiger partial charge is 0.187 e. The molecule has 1 saturated heterocycles. The van der Waals surface area contributed by atoms with Crippen LogP contribution in [0.25, 0.3) is 12.2 Å². The van der Waals surface area contributed by atoms with Gasteiger partial charge in [0.25, 0.3) is 0 Å². The molecule has 0 unspecified atom stereocenters. The molecule has 4 nitrogen and oxygen atoms in total. The molecule has 0 bridgehead atoms. The minimum atomic E-state index is 0.170. The SMILES string of the molecule is CCN1C/C(=C/c2ccccc2N(CC)CC)C(=O)/C(=C/c2ccccc2N(CC)CC)C1. The maximum Gasteiger partial charge on any atom is 0.187 e. The van der Waals surface area contributed by atoms with Crippen molar-refractivity contribution < 1.29 is 4.79 Å². The Hall–Kier alpha value is -2.85. The summed E-state index contributed by atoms with van der Waals surface area (Å²) in [4.78, 5) is 20.7. The third-order valence-corrected chi connectivity index (χ3v) is 6.56. The largest absolute Gasteiger partial charge is 0.372 e. The molecule has 0 atom stereocenters. The minimum Gasteiger partial charge on any atom is -0.372 e. The second-order valence-electron chi connectivity index (χ2n) is 8.43. The molecule has 0 spiro atoms. The first-order valence-corrected chi connectivity index (χ1v) is 12.4. The fourth-order valence-electron chi connectivity index (χ4n) is 4.63. The number of benzene rings is 2. The lowest BCUT2D eigenvalue weighted by molar-refractivity contribution is -0.113. The lowest BCUT2D eigenvalue weighted by Gasteiger charge is -2.30. The Morgan fingerprint density at radius 3 is 1.45 bits per heavy atom. The van der Waals surface area contributed by atoms with Gasteiger partial charge in [-0.2, -0.15) is 0 Å². The Kier molecular flexibility index (Phi) is 8.90. The topological polar surface area (TPSA) is 26.8 Å². The number of rotatable bonds is 9. The normalized spacial score (nSPS) is 17.1. The van der Waals surface area contributed by atoms with E-state index in [0.29, 0.717) is 13.1 Å². The highest BCUT2D eigenvalue weighted by molar-refractivity contribution is 6.15. The standard InChI is InChI=1S/C29H39N3O/c1-6-30-21-25(19-23-15-11-13-17-27(23)31(7-2)8-3)29(33)26(22-30)20-24-16-12-14-18-28(24)32(9-4)10-5/h11-20H,6-10,21-22H2,1-5H3/b25-19-,26-20+. The number of para-hydroxylation sites is 2. The Morgan fingerprint density at radius 1 is 0.697 bits per heavy atom. The molecule has 0 radical (unpaired) electrons. The molecular formula is C29H39N3O. The van der Waals surface area contributed by atoms with Crippen LogP contribution in [0.4, 0.5) is 11.4 Å². The van der Waals surface area contributed by atoms with E-state index in [0.717, 1.165) is 55.0 Å². The zero-order valence-corrected chi connectivity index (χ0v) is 21.0. The van der Waals surface area contributed by atoms with Crippen LogP contribution in [-0.4, -0.2) is 56.5 Å². The van der Waals surface area contributed by atoms with Gasteiger partial charge in [-0.05, 0) is 69.7 Å². The number of Topliss-reactive ketones (excluding diaryl/α,β-unsaturated/α-hetero) is 1. The highest BCUT2D eigenvalue weighted by Crippen LogP contribution is 2.29. The number of likely N-dealkylation sites (N-methyl/N-ethyl adjacent to an activating group) is 1. The number of hydrogen-bond donors (Lipinski definition) is 0. The van der Waals surface area contributed by atoms with Gasteiger partial charge in [0.1, 0.15) is 0 Å². The van der Waals surface area contributed by atoms with E-state index in [2.05, 4.69) is 110 Å². The van der Waals surface area contributed by atoms with Crippen LogP contribution in [0, 0.1) is 0 Å². The van der Waals surface area contributed by atoms with Crippen molar-refractivity contribution >= 4 is 29.3 Å². The van der Waals surface area contributed by atoms with Crippen LogP contribution in [0.15, 0.2) is 59.7 Å². The molecule has 0 aliphatic carbocycles. The van der Waals surface area contributed by atoms with Crippen molar-refractivity contribution in [3.63, 3.8) is 0 Å². The van der Waals surface area contributed by atoms with E-state index in [1.165, 1.54) is 11.4 Å². The molecule has 33 heavy (non-hydrogen) atoms. The Bertz CT molecular complexity index is 922. The minimum absolute atomic E-state index is 0.170. The summed E-state index contributed by atoms with van der Waals surface area (Å²) >= 11 is 0. The summed E-state index contributed by atoms with van der Waals surface area (Å²) in [7, 11) is 0. The maximum absolute atomic E-state index is 13.6. The van der Waals surface area contributed by atoms with Crippen LogP contribution in [-0.2, 0) is 4.79 Å². The highest BCUT2D eigenvalue weighted by Gasteiger charge is 2.26. The number of anilines is 2. The van der Waals surface area contributed by atoms with Gasteiger partial charge in [-0.15, -0.1) is 0 Å². The number of carbonyl (C=O) groups excluding carboxylic acids is 1. The van der Waals surface area contributed by atoms with Gasteiger partial charge >= 0.3 is 0 Å². The summed E-state index contributed by atoms with van der Waals surface area (Å²) in [5.41, 5.74) is 6.35. The number of piperidine rings is 1. The van der Waals surface area contributed by atoms with Crippen molar-refractivity contribution in [2.45, 2.75) is 34.6 Å². The molecule has 2 aromatic rings. The fourth-order valence-corrected chi connectivity index (χ4v) is 4.63. The average Bonchev–Trinajstić information content (AvgIpc) is 2.85. The first-order chi connectivity index (χ1) is 16.1. The molecular weight excluding hydrogens is 406 g/mol. The van der Waals surface area contributed by atoms with Crippen LogP contribution in [0.1, 0.15) is 45.7 Å². The molecule has 0 saturated carbocycles. The van der Waals surface area contributed by atoms with Crippen molar-refractivity contribution in [2.75, 3.05) is 55.6 Å². The second-order valence-corrected chi connectivity index (χ2v) is 8.43. The highest BCUT2D eigenvalue weighted by atomic mass is 16.1. The van der Waals surface area contributed by atoms with E-state index < -0.39 is 0 Å². The maximum atomic E-state index is 13.6. The number of nitrogens with zero attached hydrogens (tertiary/aromatic N) is 3. The van der Waals surface area contributed by atoms with Gasteiger partial charge in [-0.3, -0.25) is 9.69 Å². The van der Waals surface area contributed by atoms with Gasteiger partial charge in [0.05, 0.1) is 0 Å². The molecule has 1 fully saturated rings. The Morgan fingerprint density at radius 2 is 1.09 bits per heavy atom. The zero-order chi connectivity index (χ0) is 23.8. The van der Waals surface area contributed by atoms with Gasteiger partial charge in [0, 0.05) is 61.8 Å². The molecule has 176 valence electrons. The lowest BCUT2D eigenvalue weighted by Crippen LogP contribution is -2.37. The molecule has 1 heterocycles. The second kappa shape index (κ2) is 11.9. The summed E-state index contributed by atoms with van der Waals surface area (Å²) in [6.07, 6.45) is 4.23. The Labute approximate surface area is 200 Å². The van der Waals surface area contributed by atoms with Crippen molar-refractivity contribution in [2.24, 2.45) is 0 Å². The van der Waals surface area contributed by atoms with Crippen molar-refractivity contribution in [3.8, 4) is 0 Å². The number of likely N-dealkylation sites (tertiary alicyclic amines) is 1. The van der Waals surface area contributed by atoms with Gasteiger partial charge in [-0.25, -0.2) is 0 Å². The van der Waals surface area contributed by atoms with Crippen molar-refractivity contribution in [3.05, 3.63) is 70.8 Å². The molecule has 1 aliphatic rings. The van der Waals surface area contributed by atoms with Crippen LogP contribution >= 0.6 is 0 Å². The number of ketones is 1. The molecule has 0 aromatic heterocycles. The molecule has 0 N–H and O–H groups in total. The summed E-state index contributed by atoms with van der Waals surface area (Å²) in [6, 6.07) is 16.8. The Balaban J connectivity index is 2.03. The van der Waals surface area contributed by atoms with Crippen LogP contribution < -0.4 is 9.80 Å². The van der Waals surface area contributed by atoms with Gasteiger partial charge in [0.2, 0.25) is 0 Å². The van der Waals surface area contributed by atoms with E-state index in [4.69, 9.17) is 0 Å². The predicted octanol–water partition coefficient (Wildman–Crippen LogP) is 5.75. The predicted molar refractivity (Wildman–Crippen MR) is 143 cm³/mol. The summed E-state index contributed by atoms with van der Waals surface area (Å²) in [5.74, 6) is 0.170. The third-order valence-electron chi connectivity index (χ3n) is 6.56. The molecule has 4 heteroatoms. The van der Waals surface area contributed by atoms with Gasteiger partial charge in [0.15, 0.2) is 5.78 Å². The molecule has 1 aliphatic heterocycles. The lowest BCUT2D eigenvalue weighted by atomic mass is 9.93. The number of hydrogen-bond acceptors (Lipinski definition) is 4. The van der Waals surface area contributed by atoms with Gasteiger partial charge < -0.3 is 9.80 Å². The van der Waals surface area contributed by atoms with E-state index in [1.54, 1.807) is 0 Å². The first kappa shape index (κ1) is 24.8. The van der Waals surface area contributed by atoms with Crippen LogP contribution in [0.2, 0.25) is 0 Å². The van der Waals surface area contributed by atoms with E-state index in [1.807, 2.05) is 0 Å². The summed E-state index contributed by atoms with van der Waals surface area (Å²) < 4.78 is 0. The zero-order valence-electron chi connectivity index (χ0n) is 21.0. The van der Waals surface area contributed by atoms with E-state index >= 15 is 0 Å². The fraction of sp³-hybridized carbons (Fsp3) is 0.414. The van der Waals surface area contributed by atoms with Crippen LogP contribution in [0.3, 0.4) is 0 Å². The molecule has 2 aromatic carbocycles. The van der Waals surface area contributed by atoms with Crippen molar-refractivity contribution in [1.82, 2.24) is 4.90 Å². The monoisotopic (exact) mass is 445 g/mol. The van der Waals surface area contributed by atoms with Crippen LogP contribution in [0.5, 0.6) is 0 Å².